The molecule has 10 N–H and O–H groups in total. The number of hydrogen-bond acceptors (Lipinski definition) is 17. The molecule has 25 heteroatoms. The third kappa shape index (κ3) is 16.9. The topological polar surface area (TPSA) is 327 Å². The maximum absolute atomic E-state index is 14.4. The molecule has 3 amide bonds. The van der Waals surface area contributed by atoms with Gasteiger partial charge in [-0.3, -0.25) is 28.8 Å². The maximum Gasteiger partial charge on any atom is 0.323 e. The van der Waals surface area contributed by atoms with Gasteiger partial charge < -0.3 is 36.4 Å². The summed E-state index contributed by atoms with van der Waals surface area (Å²) in [5, 5.41) is 50.7. The molecule has 0 spiro atoms. The number of unbranched alkanes of at least 4 members (excludes halogenated alkanes) is 3. The van der Waals surface area contributed by atoms with E-state index < -0.39 is 46.1 Å². The zero-order valence-corrected chi connectivity index (χ0v) is 41.7. The van der Waals surface area contributed by atoms with Crippen molar-refractivity contribution in [2.75, 3.05) is 19.6 Å². The summed E-state index contributed by atoms with van der Waals surface area (Å²) in [5.41, 5.74) is 5.62. The summed E-state index contributed by atoms with van der Waals surface area (Å²) >= 11 is 1.12. The molecule has 0 bridgehead atoms. The van der Waals surface area contributed by atoms with Gasteiger partial charge >= 0.3 is 17.9 Å². The van der Waals surface area contributed by atoms with Crippen molar-refractivity contribution in [3.8, 4) is 5.75 Å². The average Bonchev–Trinajstić information content (AvgIpc) is 3.31. The Hall–Kier alpha value is -5.87. The van der Waals surface area contributed by atoms with Gasteiger partial charge in [0.25, 0.3) is 0 Å². The second-order valence-corrected chi connectivity index (χ2v) is 19.6. The molecule has 0 saturated heterocycles. The van der Waals surface area contributed by atoms with E-state index in [1.807, 2.05) is 0 Å². The quantitative estimate of drug-likeness (QED) is 0.00696. The zero-order valence-electron chi connectivity index (χ0n) is 39.2. The first-order valence-electron chi connectivity index (χ1n) is 22.1. The fraction of sp³-hybridized carbons (Fsp3) is 0.391. The molecule has 386 valence electrons. The normalized spacial score (nSPS) is 12.9. The van der Waals surface area contributed by atoms with Gasteiger partial charge in [0.2, 0.25) is 27.7 Å². The predicted molar refractivity (Wildman–Crippen MR) is 264 cm³/mol. The number of hydroxylamine groups is 2. The fourth-order valence-electron chi connectivity index (χ4n) is 6.93. The lowest BCUT2D eigenvalue weighted by Crippen LogP contribution is -2.40. The largest absolute Gasteiger partial charge is 0.507 e. The van der Waals surface area contributed by atoms with Crippen LogP contribution in [0.3, 0.4) is 0 Å². The first-order valence-corrected chi connectivity index (χ1v) is 25.1. The highest BCUT2D eigenvalue weighted by Gasteiger charge is 2.30. The van der Waals surface area contributed by atoms with E-state index in [0.29, 0.717) is 90.0 Å². The molecule has 22 nitrogen and oxygen atoms in total. The molecule has 0 aliphatic heterocycles. The third-order valence-electron chi connectivity index (χ3n) is 10.7. The Morgan fingerprint density at radius 3 is 1.34 bits per heavy atom. The van der Waals surface area contributed by atoms with E-state index in [4.69, 9.17) is 18.6 Å². The van der Waals surface area contributed by atoms with Crippen molar-refractivity contribution in [3.63, 3.8) is 0 Å². The second kappa shape index (κ2) is 27.7. The third-order valence-corrected chi connectivity index (χ3v) is 13.5. The minimum absolute atomic E-state index is 0.0697. The molecule has 0 aromatic heterocycles. The molecule has 3 unspecified atom stereocenters. The van der Waals surface area contributed by atoms with E-state index in [1.165, 1.54) is 31.2 Å². The molecular weight excluding hydrogens is 989 g/mol. The van der Waals surface area contributed by atoms with Crippen LogP contribution in [0.2, 0.25) is 0 Å². The number of carboxylic acid groups (broad SMARTS) is 3. The van der Waals surface area contributed by atoms with Crippen LogP contribution in [0.1, 0.15) is 78.6 Å². The van der Waals surface area contributed by atoms with E-state index in [-0.39, 0.29) is 98.7 Å². The molecule has 0 radical (unpaired) electrons. The molecule has 0 aliphatic rings. The van der Waals surface area contributed by atoms with E-state index in [0.717, 1.165) is 0 Å². The van der Waals surface area contributed by atoms with Gasteiger partial charge in [-0.15, -0.1) is 18.6 Å². The Morgan fingerprint density at radius 2 is 0.930 bits per heavy atom. The number of aliphatic carboxylic acids is 3. The smallest absolute Gasteiger partial charge is 0.323 e. The number of carbonyl (C=O) groups excluding carboxylic acids is 3. The van der Waals surface area contributed by atoms with Crippen molar-refractivity contribution in [1.29, 1.82) is 0 Å². The van der Waals surface area contributed by atoms with E-state index >= 15 is 0 Å². The van der Waals surface area contributed by atoms with Gasteiger partial charge in [-0.05, 0) is 108 Å². The van der Waals surface area contributed by atoms with E-state index in [9.17, 15) is 57.6 Å². The summed E-state index contributed by atoms with van der Waals surface area (Å²) < 4.78 is 41.7. The number of hydrogen-bond donors (Lipinski definition) is 10. The number of amides is 3. The van der Waals surface area contributed by atoms with Crippen molar-refractivity contribution < 1.29 is 76.3 Å². The Labute approximate surface area is 417 Å². The van der Waals surface area contributed by atoms with Crippen LogP contribution < -0.4 is 31.6 Å². The number of carboxylic acids is 3. The van der Waals surface area contributed by atoms with Crippen molar-refractivity contribution in [2.24, 2.45) is 0 Å². The van der Waals surface area contributed by atoms with Gasteiger partial charge in [0.15, 0.2) is 0 Å². The summed E-state index contributed by atoms with van der Waals surface area (Å²) in [6, 6.07) is 4.72. The van der Waals surface area contributed by atoms with Gasteiger partial charge in [-0.2, -0.15) is 15.7 Å². The number of carbonyl (C=O) groups is 6. The zero-order chi connectivity index (χ0) is 52.4. The standard InChI is InChI=1S/C46H58N6O16S3/c1-25(2)41(54)47-20-10-7-13-32(44(57)58)50-65-67-69-36-23-35(53)28-16-19-31-38(71(63,64)52-34(46(61)62)15-9-12-22-49-43(56)27(5)6)24-37(30-18-17-29(36)39(28)40(30)31)70-68-66-51-33(45(59)60)14-8-11-21-48-42(55)26(3)4/h16-19,23-24,32-34,50-53H,1,3,5,7-15,20-22H2,2,4,6H3,(H,47,54)(H,48,55)(H,49,56)(H,57,58)(H,59,60)(H,61,62). The number of nitrogens with one attached hydrogen (secondary N) is 6. The Morgan fingerprint density at radius 1 is 0.563 bits per heavy atom. The van der Waals surface area contributed by atoms with Crippen LogP contribution in [0, 0.1) is 0 Å². The number of rotatable bonds is 34. The number of phenols is 1. The van der Waals surface area contributed by atoms with Crippen LogP contribution in [0.5, 0.6) is 5.75 Å². The molecule has 0 heterocycles. The van der Waals surface area contributed by atoms with Gasteiger partial charge in [-0.25, -0.2) is 8.42 Å². The highest BCUT2D eigenvalue weighted by molar-refractivity contribution is 7.95. The summed E-state index contributed by atoms with van der Waals surface area (Å²) in [7, 11) is -4.71. The van der Waals surface area contributed by atoms with E-state index in [2.05, 4.69) is 51.4 Å². The first kappa shape index (κ1) is 57.7. The van der Waals surface area contributed by atoms with Gasteiger partial charge in [0, 0.05) is 62.8 Å². The van der Waals surface area contributed by atoms with Crippen molar-refractivity contribution in [2.45, 2.75) is 111 Å². The van der Waals surface area contributed by atoms with Crippen LogP contribution >= 0.6 is 24.1 Å². The average molecular weight is 1050 g/mol. The molecule has 4 rings (SSSR count). The predicted octanol–water partition coefficient (Wildman–Crippen LogP) is 5.44. The summed E-state index contributed by atoms with van der Waals surface area (Å²) in [5.74, 6) is -5.23. The Bertz CT molecular complexity index is 2740. The molecule has 0 aliphatic carbocycles. The number of sulfonamides is 1. The van der Waals surface area contributed by atoms with Crippen molar-refractivity contribution >= 4 is 102 Å². The highest BCUT2D eigenvalue weighted by Crippen LogP contribution is 2.47. The maximum atomic E-state index is 14.4. The lowest BCUT2D eigenvalue weighted by atomic mass is 9.94. The van der Waals surface area contributed by atoms with Gasteiger partial charge in [0.1, 0.15) is 23.9 Å². The van der Waals surface area contributed by atoms with Crippen molar-refractivity contribution in [1.82, 2.24) is 31.6 Å². The molecule has 0 fully saturated rings. The minimum Gasteiger partial charge on any atom is -0.507 e. The molecule has 4 aromatic carbocycles. The lowest BCUT2D eigenvalue weighted by molar-refractivity contribution is -0.254. The highest BCUT2D eigenvalue weighted by atomic mass is 32.2. The molecule has 71 heavy (non-hydrogen) atoms. The molecule has 3 atom stereocenters. The summed E-state index contributed by atoms with van der Waals surface area (Å²) in [6.45, 7) is 16.1. The van der Waals surface area contributed by atoms with Crippen LogP contribution in [-0.4, -0.2) is 102 Å². The molecular formula is C46H58N6O16S3. The van der Waals surface area contributed by atoms with Crippen LogP contribution in [0.4, 0.5) is 0 Å². The lowest BCUT2D eigenvalue weighted by Gasteiger charge is -2.20. The number of benzene rings is 4. The SMILES string of the molecule is C=C(C)C(=O)NCCCCC(NOOSc1cc(O)c2ccc3c(S(=O)(=O)NC(CCCCNC(=O)C(=C)C)C(=O)O)cc(SOONC(CCCCNC(=O)C(=C)C)C(=O)O)c4ccc1c2c43)C(=O)O. The molecule has 4 aromatic rings. The van der Waals surface area contributed by atoms with E-state index in [1.54, 1.807) is 26.0 Å². The fourth-order valence-corrected chi connectivity index (χ4v) is 9.60. The van der Waals surface area contributed by atoms with Gasteiger partial charge in [0.05, 0.1) is 33.9 Å². The van der Waals surface area contributed by atoms with Crippen LogP contribution in [0.15, 0.2) is 87.5 Å². The van der Waals surface area contributed by atoms with Crippen LogP contribution in [-0.2, 0) is 57.4 Å². The number of phenolic OH excluding ortho intramolecular Hbond substituents is 1. The minimum atomic E-state index is -4.71. The Kier molecular flexibility index (Phi) is 22.5. The van der Waals surface area contributed by atoms with Crippen LogP contribution in [0.25, 0.3) is 32.3 Å². The molecule has 0 saturated carbocycles. The van der Waals surface area contributed by atoms with Crippen molar-refractivity contribution in [3.05, 3.63) is 72.9 Å². The monoisotopic (exact) mass is 1050 g/mol. The summed E-state index contributed by atoms with van der Waals surface area (Å²) in [6.07, 6.45) is 2.27. The first-order chi connectivity index (χ1) is 33.6. The summed E-state index contributed by atoms with van der Waals surface area (Å²) in [4.78, 5) is 81.9. The number of aromatic hydroxyl groups is 1. The van der Waals surface area contributed by atoms with Gasteiger partial charge in [-0.1, -0.05) is 37.9 Å². The Balaban J connectivity index is 1.63. The second-order valence-electron chi connectivity index (χ2n) is 16.4.